The summed E-state index contributed by atoms with van der Waals surface area (Å²) in [5, 5.41) is 11.2. The molecule has 1 amide bonds. The van der Waals surface area contributed by atoms with Gasteiger partial charge in [-0.25, -0.2) is 14.2 Å². The van der Waals surface area contributed by atoms with Gasteiger partial charge in [-0.05, 0) is 6.42 Å². The fourth-order valence-electron chi connectivity index (χ4n) is 1.57. The Morgan fingerprint density at radius 1 is 1.53 bits per heavy atom. The first-order valence-electron chi connectivity index (χ1n) is 5.28. The molecule has 4 nitrogen and oxygen atoms in total. The number of carboxylic acid groups (broad SMARTS) is 1. The first kappa shape index (κ1) is 11.8. The number of hydrogen-bond donors (Lipinski definition) is 1. The zero-order valence-electron chi connectivity index (χ0n) is 8.95. The summed E-state index contributed by atoms with van der Waals surface area (Å²) in [6.45, 7) is 2.53. The third-order valence-corrected chi connectivity index (χ3v) is 2.36. The number of amides is 1. The maximum atomic E-state index is 12.9. The van der Waals surface area contributed by atoms with Crippen LogP contribution in [0.3, 0.4) is 0 Å². The molecule has 5 heteroatoms. The zero-order chi connectivity index (χ0) is 11.3. The largest absolute Gasteiger partial charge is 0.464 e. The van der Waals surface area contributed by atoms with Gasteiger partial charge in [-0.2, -0.15) is 0 Å². The van der Waals surface area contributed by atoms with Gasteiger partial charge in [0.05, 0.1) is 12.7 Å². The molecule has 15 heavy (non-hydrogen) atoms. The van der Waals surface area contributed by atoms with Gasteiger partial charge in [-0.1, -0.05) is 26.2 Å². The van der Waals surface area contributed by atoms with Gasteiger partial charge in [-0.3, -0.25) is 5.01 Å². The number of unbranched alkanes of at least 4 members (excludes halogenated alkanes) is 3. The zero-order valence-corrected chi connectivity index (χ0v) is 8.95. The maximum absolute atomic E-state index is 12.9. The van der Waals surface area contributed by atoms with Gasteiger partial charge in [0.2, 0.25) is 0 Å². The molecule has 1 N–H and O–H groups in total. The lowest BCUT2D eigenvalue weighted by molar-refractivity contribution is 0.0480. The molecule has 1 heterocycles. The molecule has 0 bridgehead atoms. The van der Waals surface area contributed by atoms with Crippen LogP contribution in [0.2, 0.25) is 0 Å². The van der Waals surface area contributed by atoms with E-state index in [1.807, 2.05) is 0 Å². The summed E-state index contributed by atoms with van der Waals surface area (Å²) in [5.74, 6) is -0.395. The number of rotatable bonds is 5. The van der Waals surface area contributed by atoms with Crippen molar-refractivity contribution >= 4 is 6.09 Å². The number of halogens is 1. The summed E-state index contributed by atoms with van der Waals surface area (Å²) < 4.78 is 12.9. The standard InChI is InChI=1S/C10H17FN2O2/c1-2-3-4-5-6-12-7-9(11)8-13(12)10(14)15/h7H,2-6,8H2,1H3,(H,14,15). The van der Waals surface area contributed by atoms with Gasteiger partial charge in [-0.15, -0.1) is 0 Å². The second-order valence-corrected chi connectivity index (χ2v) is 3.64. The number of nitrogens with zero attached hydrogens (tertiary/aromatic N) is 2. The molecule has 0 aromatic carbocycles. The van der Waals surface area contributed by atoms with E-state index in [1.165, 1.54) is 11.2 Å². The fourth-order valence-corrected chi connectivity index (χ4v) is 1.57. The van der Waals surface area contributed by atoms with Crippen LogP contribution >= 0.6 is 0 Å². The van der Waals surface area contributed by atoms with E-state index < -0.39 is 11.9 Å². The van der Waals surface area contributed by atoms with E-state index in [1.54, 1.807) is 0 Å². The van der Waals surface area contributed by atoms with Crippen molar-refractivity contribution in [2.24, 2.45) is 0 Å². The summed E-state index contributed by atoms with van der Waals surface area (Å²) in [4.78, 5) is 10.7. The summed E-state index contributed by atoms with van der Waals surface area (Å²) in [7, 11) is 0. The Hall–Kier alpha value is -1.26. The third-order valence-electron chi connectivity index (χ3n) is 2.36. The van der Waals surface area contributed by atoms with E-state index in [-0.39, 0.29) is 6.54 Å². The van der Waals surface area contributed by atoms with Crippen LogP contribution in [0.4, 0.5) is 9.18 Å². The SMILES string of the molecule is CCCCCCN1C=C(F)CN1C(=O)O. The highest BCUT2D eigenvalue weighted by Gasteiger charge is 2.25. The average molecular weight is 216 g/mol. The van der Waals surface area contributed by atoms with Crippen LogP contribution < -0.4 is 0 Å². The smallest absolute Gasteiger partial charge is 0.426 e. The molecule has 0 aliphatic carbocycles. The van der Waals surface area contributed by atoms with Crippen LogP contribution in [-0.4, -0.2) is 34.3 Å². The van der Waals surface area contributed by atoms with Crippen molar-refractivity contribution in [2.45, 2.75) is 32.6 Å². The van der Waals surface area contributed by atoms with Crippen molar-refractivity contribution in [2.75, 3.05) is 13.1 Å². The van der Waals surface area contributed by atoms with Crippen LogP contribution in [-0.2, 0) is 0 Å². The van der Waals surface area contributed by atoms with Crippen LogP contribution in [0, 0.1) is 0 Å². The van der Waals surface area contributed by atoms with Gasteiger partial charge in [0.15, 0.2) is 0 Å². The van der Waals surface area contributed by atoms with Crippen LogP contribution in [0.5, 0.6) is 0 Å². The van der Waals surface area contributed by atoms with Gasteiger partial charge >= 0.3 is 6.09 Å². The van der Waals surface area contributed by atoms with E-state index in [0.29, 0.717) is 6.54 Å². The lowest BCUT2D eigenvalue weighted by atomic mass is 10.2. The molecule has 0 aromatic heterocycles. The fraction of sp³-hybridized carbons (Fsp3) is 0.700. The topological polar surface area (TPSA) is 43.8 Å². The minimum atomic E-state index is -1.10. The minimum Gasteiger partial charge on any atom is -0.464 e. The highest BCUT2D eigenvalue weighted by molar-refractivity contribution is 5.65. The van der Waals surface area contributed by atoms with E-state index in [9.17, 15) is 9.18 Å². The lowest BCUT2D eigenvalue weighted by Gasteiger charge is -2.25. The number of hydrazine groups is 1. The van der Waals surface area contributed by atoms with Gasteiger partial charge in [0, 0.05) is 6.54 Å². The second-order valence-electron chi connectivity index (χ2n) is 3.64. The van der Waals surface area contributed by atoms with Gasteiger partial charge in [0.1, 0.15) is 5.83 Å². The normalized spacial score (nSPS) is 15.7. The molecule has 0 fully saturated rings. The van der Waals surface area contributed by atoms with E-state index in [2.05, 4.69) is 6.92 Å². The quantitative estimate of drug-likeness (QED) is 0.718. The lowest BCUT2D eigenvalue weighted by Crippen LogP contribution is -2.39. The highest BCUT2D eigenvalue weighted by Crippen LogP contribution is 2.17. The van der Waals surface area contributed by atoms with Crippen LogP contribution in [0.1, 0.15) is 32.6 Å². The predicted molar refractivity (Wildman–Crippen MR) is 54.8 cm³/mol. The Balaban J connectivity index is 2.34. The third kappa shape index (κ3) is 3.42. The maximum Gasteiger partial charge on any atom is 0.426 e. The summed E-state index contributed by atoms with van der Waals surface area (Å²) >= 11 is 0. The molecule has 0 radical (unpaired) electrons. The molecule has 0 atom stereocenters. The van der Waals surface area contributed by atoms with Crippen molar-refractivity contribution in [1.29, 1.82) is 0 Å². The molecule has 1 aliphatic heterocycles. The molecular weight excluding hydrogens is 199 g/mol. The Bertz CT molecular complexity index is 256. The molecule has 0 unspecified atom stereocenters. The summed E-state index contributed by atoms with van der Waals surface area (Å²) in [6, 6.07) is 0. The Morgan fingerprint density at radius 3 is 2.87 bits per heavy atom. The molecule has 0 spiro atoms. The monoisotopic (exact) mass is 216 g/mol. The van der Waals surface area contributed by atoms with E-state index in [0.717, 1.165) is 30.7 Å². The first-order chi connectivity index (χ1) is 7.15. The summed E-state index contributed by atoms with van der Waals surface area (Å²) in [5.41, 5.74) is 0. The van der Waals surface area contributed by atoms with Crippen LogP contribution in [0.15, 0.2) is 12.0 Å². The van der Waals surface area contributed by atoms with E-state index >= 15 is 0 Å². The predicted octanol–water partition coefficient (Wildman–Crippen LogP) is 2.59. The van der Waals surface area contributed by atoms with Crippen molar-refractivity contribution in [3.63, 3.8) is 0 Å². The molecular formula is C10H17FN2O2. The van der Waals surface area contributed by atoms with E-state index in [4.69, 9.17) is 5.11 Å². The molecule has 0 saturated heterocycles. The highest BCUT2D eigenvalue weighted by atomic mass is 19.1. The molecule has 86 valence electrons. The Kier molecular flexibility index (Phi) is 4.39. The van der Waals surface area contributed by atoms with Crippen molar-refractivity contribution < 1.29 is 14.3 Å². The van der Waals surface area contributed by atoms with Crippen molar-refractivity contribution in [3.05, 3.63) is 12.0 Å². The van der Waals surface area contributed by atoms with Crippen LogP contribution in [0.25, 0.3) is 0 Å². The molecule has 0 aromatic rings. The van der Waals surface area contributed by atoms with Crippen molar-refractivity contribution in [3.8, 4) is 0 Å². The van der Waals surface area contributed by atoms with Gasteiger partial charge in [0.25, 0.3) is 0 Å². The Morgan fingerprint density at radius 2 is 2.27 bits per heavy atom. The average Bonchev–Trinajstić information content (AvgIpc) is 2.55. The summed E-state index contributed by atoms with van der Waals surface area (Å²) in [6.07, 6.45) is 4.37. The molecule has 1 rings (SSSR count). The molecule has 0 saturated carbocycles. The minimum absolute atomic E-state index is 0.150. The second kappa shape index (κ2) is 5.58. The van der Waals surface area contributed by atoms with Gasteiger partial charge < -0.3 is 5.11 Å². The number of carbonyl (C=O) groups is 1. The Labute approximate surface area is 88.9 Å². The molecule has 1 aliphatic rings. The van der Waals surface area contributed by atoms with Crippen molar-refractivity contribution in [1.82, 2.24) is 10.0 Å². The number of hydrogen-bond acceptors (Lipinski definition) is 2. The first-order valence-corrected chi connectivity index (χ1v) is 5.28.